The molecule has 160 valence electrons. The van der Waals surface area contributed by atoms with Gasteiger partial charge in [0.2, 0.25) is 17.7 Å². The summed E-state index contributed by atoms with van der Waals surface area (Å²) in [6, 6.07) is 9.30. The summed E-state index contributed by atoms with van der Waals surface area (Å²) in [4.78, 5) is 41.5. The lowest BCUT2D eigenvalue weighted by molar-refractivity contribution is -0.143. The summed E-state index contributed by atoms with van der Waals surface area (Å²) in [6.45, 7) is 7.39. The molecule has 1 heterocycles. The molecule has 1 aromatic rings. The number of carbonyl (C=O) groups excluding carboxylic acids is 3. The van der Waals surface area contributed by atoms with Gasteiger partial charge in [-0.05, 0) is 25.8 Å². The highest BCUT2D eigenvalue weighted by Gasteiger charge is 2.33. The van der Waals surface area contributed by atoms with Gasteiger partial charge in [0.1, 0.15) is 0 Å². The van der Waals surface area contributed by atoms with E-state index >= 15 is 0 Å². The molecule has 1 aliphatic rings. The summed E-state index contributed by atoms with van der Waals surface area (Å²) >= 11 is 0. The molecule has 0 aromatic heterocycles. The quantitative estimate of drug-likeness (QED) is 0.834. The highest BCUT2D eigenvalue weighted by atomic mass is 16.5. The molecule has 1 N–H and O–H groups in total. The van der Waals surface area contributed by atoms with Crippen LogP contribution < -0.4 is 5.32 Å². The van der Waals surface area contributed by atoms with E-state index in [2.05, 4.69) is 5.32 Å². The van der Waals surface area contributed by atoms with Gasteiger partial charge in [0.05, 0.1) is 24.5 Å². The second-order valence-corrected chi connectivity index (χ2v) is 8.16. The number of nitrogens with one attached hydrogen (secondary N) is 1. The van der Waals surface area contributed by atoms with Crippen molar-refractivity contribution in [1.29, 1.82) is 0 Å². The van der Waals surface area contributed by atoms with E-state index < -0.39 is 5.41 Å². The number of amides is 3. The Kier molecular flexibility index (Phi) is 8.20. The molecule has 0 spiro atoms. The van der Waals surface area contributed by atoms with Crippen LogP contribution >= 0.6 is 0 Å². The number of hydrogen-bond acceptors (Lipinski definition) is 4. The number of nitrogens with zero attached hydrogens (tertiary/aromatic N) is 2. The second-order valence-electron chi connectivity index (χ2n) is 8.16. The van der Waals surface area contributed by atoms with E-state index in [1.165, 1.54) is 6.92 Å². The Morgan fingerprint density at radius 1 is 1.17 bits per heavy atom. The Morgan fingerprint density at radius 2 is 1.86 bits per heavy atom. The molecule has 1 unspecified atom stereocenters. The van der Waals surface area contributed by atoms with E-state index in [0.29, 0.717) is 39.2 Å². The van der Waals surface area contributed by atoms with Crippen molar-refractivity contribution in [3.63, 3.8) is 0 Å². The molecule has 0 saturated carbocycles. The van der Waals surface area contributed by atoms with Gasteiger partial charge in [-0.15, -0.1) is 0 Å². The van der Waals surface area contributed by atoms with Crippen molar-refractivity contribution in [2.45, 2.75) is 39.7 Å². The number of hydrogen-bond donors (Lipinski definition) is 1. The van der Waals surface area contributed by atoms with E-state index in [1.807, 2.05) is 44.2 Å². The van der Waals surface area contributed by atoms with E-state index in [4.69, 9.17) is 4.74 Å². The van der Waals surface area contributed by atoms with E-state index in [9.17, 15) is 14.4 Å². The molecule has 1 aromatic carbocycles. The first-order valence-corrected chi connectivity index (χ1v) is 10.1. The zero-order chi connectivity index (χ0) is 21.4. The predicted octanol–water partition coefficient (Wildman–Crippen LogP) is 1.99. The number of methoxy groups -OCH3 is 1. The summed E-state index contributed by atoms with van der Waals surface area (Å²) in [6.07, 6.45) is 0.846. The molecule has 0 aliphatic carbocycles. The smallest absolute Gasteiger partial charge is 0.230 e. The van der Waals surface area contributed by atoms with Crippen LogP contribution in [0.1, 0.15) is 45.2 Å². The van der Waals surface area contributed by atoms with Gasteiger partial charge in [-0.2, -0.15) is 0 Å². The zero-order valence-electron chi connectivity index (χ0n) is 17.9. The molecule has 0 bridgehead atoms. The molecule has 29 heavy (non-hydrogen) atoms. The number of carbonyl (C=O) groups is 3. The third kappa shape index (κ3) is 6.29. The van der Waals surface area contributed by atoms with Crippen molar-refractivity contribution < 1.29 is 19.1 Å². The lowest BCUT2D eigenvalue weighted by atomic mass is 9.92. The minimum absolute atomic E-state index is 0.0122. The Hall–Kier alpha value is -2.41. The topological polar surface area (TPSA) is 79.0 Å². The fourth-order valence-corrected chi connectivity index (χ4v) is 3.79. The van der Waals surface area contributed by atoms with E-state index in [1.54, 1.807) is 16.9 Å². The van der Waals surface area contributed by atoms with Crippen molar-refractivity contribution >= 4 is 17.7 Å². The third-order valence-electron chi connectivity index (χ3n) is 5.25. The van der Waals surface area contributed by atoms with Crippen molar-refractivity contribution in [2.75, 3.05) is 39.9 Å². The van der Waals surface area contributed by atoms with Crippen LogP contribution in [0.2, 0.25) is 0 Å². The van der Waals surface area contributed by atoms with Gasteiger partial charge in [-0.25, -0.2) is 0 Å². The van der Waals surface area contributed by atoms with Gasteiger partial charge in [0.25, 0.3) is 0 Å². The first-order chi connectivity index (χ1) is 13.8. The average molecular weight is 404 g/mol. The van der Waals surface area contributed by atoms with Crippen LogP contribution in [0, 0.1) is 5.41 Å². The predicted molar refractivity (Wildman–Crippen MR) is 111 cm³/mol. The van der Waals surface area contributed by atoms with Crippen LogP contribution in [0.5, 0.6) is 0 Å². The molecule has 1 aliphatic heterocycles. The summed E-state index contributed by atoms with van der Waals surface area (Å²) in [5.41, 5.74) is 0.289. The molecular formula is C22H33N3O4. The molecule has 1 saturated heterocycles. The lowest BCUT2D eigenvalue weighted by Crippen LogP contribution is -2.46. The molecule has 2 rings (SSSR count). The summed E-state index contributed by atoms with van der Waals surface area (Å²) < 4.78 is 5.20. The van der Waals surface area contributed by atoms with Gasteiger partial charge in [0.15, 0.2) is 0 Å². The second kappa shape index (κ2) is 10.4. The van der Waals surface area contributed by atoms with Gasteiger partial charge < -0.3 is 19.9 Å². The molecule has 3 amide bonds. The van der Waals surface area contributed by atoms with Crippen molar-refractivity contribution in [3.8, 4) is 0 Å². The maximum atomic E-state index is 13.0. The summed E-state index contributed by atoms with van der Waals surface area (Å²) in [5, 5.41) is 2.91. The zero-order valence-corrected chi connectivity index (χ0v) is 17.9. The van der Waals surface area contributed by atoms with Crippen LogP contribution in [0.4, 0.5) is 0 Å². The van der Waals surface area contributed by atoms with Gasteiger partial charge in [0, 0.05) is 40.2 Å². The van der Waals surface area contributed by atoms with Crippen LogP contribution in [0.15, 0.2) is 30.3 Å². The van der Waals surface area contributed by atoms with Crippen molar-refractivity contribution in [2.24, 2.45) is 5.41 Å². The number of benzene rings is 1. The summed E-state index contributed by atoms with van der Waals surface area (Å²) in [7, 11) is 1.58. The molecule has 1 atom stereocenters. The Morgan fingerprint density at radius 3 is 2.48 bits per heavy atom. The van der Waals surface area contributed by atoms with Crippen LogP contribution in [0.3, 0.4) is 0 Å². The van der Waals surface area contributed by atoms with E-state index in [-0.39, 0.29) is 30.2 Å². The Labute approximate surface area is 173 Å². The van der Waals surface area contributed by atoms with Crippen molar-refractivity contribution in [3.05, 3.63) is 35.9 Å². The molecule has 7 nitrogen and oxygen atoms in total. The fourth-order valence-electron chi connectivity index (χ4n) is 3.79. The Balaban J connectivity index is 2.22. The Bertz CT molecular complexity index is 705. The van der Waals surface area contributed by atoms with Crippen LogP contribution in [-0.4, -0.2) is 67.4 Å². The average Bonchev–Trinajstić information content (AvgIpc) is 2.71. The van der Waals surface area contributed by atoms with Gasteiger partial charge in [-0.1, -0.05) is 30.3 Å². The number of rotatable bonds is 4. The fraction of sp³-hybridized carbons (Fsp3) is 0.591. The molecule has 7 heteroatoms. The first-order valence-electron chi connectivity index (χ1n) is 10.1. The normalized spacial score (nSPS) is 19.3. The highest BCUT2D eigenvalue weighted by molar-refractivity contribution is 5.82. The standard InChI is InChI=1S/C22H33N3O4/c1-17(26)25-13-8-12-24(21(28)22(2,3)16-29-4)14-11-23-20(27)15-19(25)18-9-6-5-7-10-18/h5-7,9-10,19H,8,11-16H2,1-4H3,(H,23,27). The largest absolute Gasteiger partial charge is 0.384 e. The summed E-state index contributed by atoms with van der Waals surface area (Å²) in [5.74, 6) is -0.221. The minimum atomic E-state index is -0.647. The minimum Gasteiger partial charge on any atom is -0.384 e. The lowest BCUT2D eigenvalue weighted by Gasteiger charge is -2.33. The number of ether oxygens (including phenoxy) is 1. The molecular weight excluding hydrogens is 370 g/mol. The highest BCUT2D eigenvalue weighted by Crippen LogP contribution is 2.26. The first kappa shape index (κ1) is 22.9. The van der Waals surface area contributed by atoms with Crippen molar-refractivity contribution in [1.82, 2.24) is 15.1 Å². The van der Waals surface area contributed by atoms with Crippen LogP contribution in [-0.2, 0) is 19.1 Å². The van der Waals surface area contributed by atoms with Gasteiger partial charge >= 0.3 is 0 Å². The molecule has 0 radical (unpaired) electrons. The maximum Gasteiger partial charge on any atom is 0.230 e. The SMILES string of the molecule is COCC(C)(C)C(=O)N1CCCN(C(C)=O)C(c2ccccc2)CC(=O)NCC1. The maximum absolute atomic E-state index is 13.0. The monoisotopic (exact) mass is 403 g/mol. The molecule has 1 fully saturated rings. The van der Waals surface area contributed by atoms with E-state index in [0.717, 1.165) is 5.56 Å². The third-order valence-corrected chi connectivity index (χ3v) is 5.25. The van der Waals surface area contributed by atoms with Crippen LogP contribution in [0.25, 0.3) is 0 Å². The van der Waals surface area contributed by atoms with Gasteiger partial charge in [-0.3, -0.25) is 14.4 Å².